The third kappa shape index (κ3) is 4.07. The molecule has 182 valence electrons. The summed E-state index contributed by atoms with van der Waals surface area (Å²) in [5.74, 6) is -1.31. The Bertz CT molecular complexity index is 1510. The number of nitrogens with zero attached hydrogens (tertiary/aromatic N) is 2. The molecule has 1 aromatic heterocycles. The number of aliphatic hydroxyl groups is 1. The third-order valence-corrected chi connectivity index (χ3v) is 6.86. The number of methoxy groups -OCH3 is 1. The van der Waals surface area contributed by atoms with E-state index in [0.29, 0.717) is 39.4 Å². The topological polar surface area (TPSA) is 89.0 Å². The van der Waals surface area contributed by atoms with E-state index in [0.717, 1.165) is 11.3 Å². The van der Waals surface area contributed by atoms with E-state index in [1.54, 1.807) is 48.5 Å². The Balaban J connectivity index is 1.69. The van der Waals surface area contributed by atoms with Crippen LogP contribution in [-0.2, 0) is 9.59 Å². The number of ether oxygens (including phenoxy) is 2. The Kier molecular flexibility index (Phi) is 6.15. The molecule has 0 aliphatic carbocycles. The van der Waals surface area contributed by atoms with E-state index in [9.17, 15) is 19.1 Å². The van der Waals surface area contributed by atoms with Gasteiger partial charge in [-0.2, -0.15) is 0 Å². The standard InChI is InChI=1S/C27H21FN2O5S/c1-3-35-18-10-7-15(8-11-18)24(31)22-23(16-5-4-6-19(13-16)34-2)30(26(33)25(22)32)27-29-20-12-9-17(28)14-21(20)36-27/h4-14,23,31H,3H2,1-2H3/b24-22+. The fourth-order valence-electron chi connectivity index (χ4n) is 4.18. The number of benzene rings is 3. The van der Waals surface area contributed by atoms with Crippen molar-refractivity contribution in [3.05, 3.63) is 89.2 Å². The first kappa shape index (κ1) is 23.5. The van der Waals surface area contributed by atoms with Crippen molar-refractivity contribution in [1.82, 2.24) is 4.98 Å². The number of aliphatic hydroxyl groups excluding tert-OH is 1. The van der Waals surface area contributed by atoms with Crippen LogP contribution in [0, 0.1) is 5.82 Å². The summed E-state index contributed by atoms with van der Waals surface area (Å²) in [6.45, 7) is 2.35. The van der Waals surface area contributed by atoms with Gasteiger partial charge >= 0.3 is 5.91 Å². The highest BCUT2D eigenvalue weighted by atomic mass is 32.1. The zero-order valence-corrected chi connectivity index (χ0v) is 20.2. The van der Waals surface area contributed by atoms with Crippen LogP contribution >= 0.6 is 11.3 Å². The normalized spacial score (nSPS) is 17.1. The second-order valence-electron chi connectivity index (χ2n) is 8.01. The van der Waals surface area contributed by atoms with E-state index in [2.05, 4.69) is 4.98 Å². The fourth-order valence-corrected chi connectivity index (χ4v) is 5.19. The minimum absolute atomic E-state index is 0.0807. The number of hydrogen-bond acceptors (Lipinski definition) is 7. The number of halogens is 1. The summed E-state index contributed by atoms with van der Waals surface area (Å²) in [5.41, 5.74) is 1.32. The van der Waals surface area contributed by atoms with Crippen LogP contribution in [0.5, 0.6) is 11.5 Å². The van der Waals surface area contributed by atoms with Crippen LogP contribution in [-0.4, -0.2) is 35.5 Å². The summed E-state index contributed by atoms with van der Waals surface area (Å²) in [4.78, 5) is 32.4. The quantitative estimate of drug-likeness (QED) is 0.213. The largest absolute Gasteiger partial charge is 0.507 e. The number of amides is 1. The Morgan fingerprint density at radius 1 is 1.08 bits per heavy atom. The lowest BCUT2D eigenvalue weighted by Gasteiger charge is -2.23. The minimum atomic E-state index is -0.975. The molecule has 0 bridgehead atoms. The highest BCUT2D eigenvalue weighted by Gasteiger charge is 2.48. The Morgan fingerprint density at radius 3 is 2.58 bits per heavy atom. The van der Waals surface area contributed by atoms with Gasteiger partial charge in [-0.1, -0.05) is 23.5 Å². The maximum Gasteiger partial charge on any atom is 0.301 e. The highest BCUT2D eigenvalue weighted by Crippen LogP contribution is 2.45. The van der Waals surface area contributed by atoms with Crippen LogP contribution in [0.2, 0.25) is 0 Å². The zero-order valence-electron chi connectivity index (χ0n) is 19.4. The van der Waals surface area contributed by atoms with Crippen molar-refractivity contribution < 1.29 is 28.6 Å². The maximum absolute atomic E-state index is 13.8. The number of fused-ring (bicyclic) bond motifs is 1. The van der Waals surface area contributed by atoms with Crippen LogP contribution in [0.15, 0.2) is 72.3 Å². The number of Topliss-reactive ketones (excluding diaryl/α,β-unsaturated/α-hetero) is 1. The smallest absolute Gasteiger partial charge is 0.301 e. The fraction of sp³-hybridized carbons (Fsp3) is 0.148. The number of carbonyl (C=O) groups excluding carboxylic acids is 2. The monoisotopic (exact) mass is 504 g/mol. The molecule has 1 fully saturated rings. The molecule has 1 aliphatic heterocycles. The third-order valence-electron chi connectivity index (χ3n) is 5.84. The summed E-state index contributed by atoms with van der Waals surface area (Å²) < 4.78 is 25.1. The molecule has 3 aromatic carbocycles. The molecule has 36 heavy (non-hydrogen) atoms. The average Bonchev–Trinajstić information content (AvgIpc) is 3.42. The number of hydrogen-bond donors (Lipinski definition) is 1. The maximum atomic E-state index is 13.8. The summed E-state index contributed by atoms with van der Waals surface area (Å²) in [6.07, 6.45) is 0. The van der Waals surface area contributed by atoms with E-state index < -0.39 is 23.5 Å². The van der Waals surface area contributed by atoms with Crippen LogP contribution in [0.4, 0.5) is 9.52 Å². The van der Waals surface area contributed by atoms with Crippen molar-refractivity contribution in [1.29, 1.82) is 0 Å². The van der Waals surface area contributed by atoms with Gasteiger partial charge < -0.3 is 14.6 Å². The number of thiazole rings is 1. The van der Waals surface area contributed by atoms with Crippen molar-refractivity contribution in [2.24, 2.45) is 0 Å². The minimum Gasteiger partial charge on any atom is -0.507 e. The van der Waals surface area contributed by atoms with Gasteiger partial charge in [-0.05, 0) is 67.1 Å². The second kappa shape index (κ2) is 9.43. The Hall–Kier alpha value is -4.24. The molecule has 0 radical (unpaired) electrons. The van der Waals surface area contributed by atoms with Gasteiger partial charge in [0.25, 0.3) is 5.78 Å². The predicted octanol–water partition coefficient (Wildman–Crippen LogP) is 5.47. The van der Waals surface area contributed by atoms with Gasteiger partial charge in [0.1, 0.15) is 23.1 Å². The molecule has 0 saturated carbocycles. The van der Waals surface area contributed by atoms with Gasteiger partial charge in [0.15, 0.2) is 5.13 Å². The van der Waals surface area contributed by atoms with Crippen LogP contribution in [0.3, 0.4) is 0 Å². The molecule has 2 heterocycles. The second-order valence-corrected chi connectivity index (χ2v) is 9.02. The van der Waals surface area contributed by atoms with Gasteiger partial charge in [-0.3, -0.25) is 14.5 Å². The van der Waals surface area contributed by atoms with Gasteiger partial charge in [0.2, 0.25) is 0 Å². The van der Waals surface area contributed by atoms with E-state index in [4.69, 9.17) is 9.47 Å². The Labute approximate surface area is 210 Å². The molecular weight excluding hydrogens is 483 g/mol. The Morgan fingerprint density at radius 2 is 1.86 bits per heavy atom. The van der Waals surface area contributed by atoms with Crippen molar-refractivity contribution in [2.45, 2.75) is 13.0 Å². The molecule has 1 N–H and O–H groups in total. The summed E-state index contributed by atoms with van der Waals surface area (Å²) in [5, 5.41) is 11.5. The molecule has 5 rings (SSSR count). The van der Waals surface area contributed by atoms with Gasteiger partial charge in [-0.15, -0.1) is 0 Å². The molecule has 1 unspecified atom stereocenters. The van der Waals surface area contributed by atoms with Gasteiger partial charge in [-0.25, -0.2) is 9.37 Å². The molecule has 1 aliphatic rings. The zero-order chi connectivity index (χ0) is 25.4. The highest BCUT2D eigenvalue weighted by molar-refractivity contribution is 7.22. The first-order chi connectivity index (χ1) is 17.4. The van der Waals surface area contributed by atoms with Crippen molar-refractivity contribution >= 4 is 44.1 Å². The first-order valence-electron chi connectivity index (χ1n) is 11.2. The number of carbonyl (C=O) groups is 2. The molecular formula is C27H21FN2O5S. The molecule has 1 saturated heterocycles. The molecule has 7 nitrogen and oxygen atoms in total. The van der Waals surface area contributed by atoms with E-state index >= 15 is 0 Å². The molecule has 1 amide bonds. The number of ketones is 1. The SMILES string of the molecule is CCOc1ccc(/C(O)=C2\C(=O)C(=O)N(c3nc4ccc(F)cc4s3)C2c2cccc(OC)c2)cc1. The van der Waals surface area contributed by atoms with E-state index in [1.165, 1.54) is 30.2 Å². The van der Waals surface area contributed by atoms with Gasteiger partial charge in [0, 0.05) is 5.56 Å². The number of anilines is 1. The van der Waals surface area contributed by atoms with Crippen LogP contribution in [0.1, 0.15) is 24.1 Å². The van der Waals surface area contributed by atoms with Gasteiger partial charge in [0.05, 0.1) is 35.5 Å². The summed E-state index contributed by atoms with van der Waals surface area (Å²) in [7, 11) is 1.51. The van der Waals surface area contributed by atoms with Crippen molar-refractivity contribution in [2.75, 3.05) is 18.6 Å². The summed E-state index contributed by atoms with van der Waals surface area (Å²) in [6, 6.07) is 16.7. The molecule has 4 aromatic rings. The summed E-state index contributed by atoms with van der Waals surface area (Å²) >= 11 is 1.09. The number of rotatable bonds is 6. The molecule has 9 heteroatoms. The predicted molar refractivity (Wildman–Crippen MR) is 135 cm³/mol. The van der Waals surface area contributed by atoms with Crippen LogP contribution < -0.4 is 14.4 Å². The van der Waals surface area contributed by atoms with E-state index in [1.807, 2.05) is 6.92 Å². The van der Waals surface area contributed by atoms with Crippen LogP contribution in [0.25, 0.3) is 16.0 Å². The van der Waals surface area contributed by atoms with Crippen molar-refractivity contribution in [3.8, 4) is 11.5 Å². The molecule has 0 spiro atoms. The lowest BCUT2D eigenvalue weighted by atomic mass is 9.95. The lowest BCUT2D eigenvalue weighted by molar-refractivity contribution is -0.132. The van der Waals surface area contributed by atoms with Crippen molar-refractivity contribution in [3.63, 3.8) is 0 Å². The number of aromatic nitrogens is 1. The molecule has 1 atom stereocenters. The first-order valence-corrected chi connectivity index (χ1v) is 12.0. The van der Waals surface area contributed by atoms with E-state index in [-0.39, 0.29) is 16.5 Å². The lowest BCUT2D eigenvalue weighted by Crippen LogP contribution is -2.29. The average molecular weight is 505 g/mol.